The van der Waals surface area contributed by atoms with E-state index in [-0.39, 0.29) is 6.54 Å². The van der Waals surface area contributed by atoms with Gasteiger partial charge >= 0.3 is 24.3 Å². The molecule has 0 radical (unpaired) electrons. The maximum Gasteiger partial charge on any atom is 0.512 e. The first kappa shape index (κ1) is 17.5. The Labute approximate surface area is 128 Å². The Kier molecular flexibility index (Phi) is 6.88. The van der Waals surface area contributed by atoms with Gasteiger partial charge in [-0.3, -0.25) is 9.59 Å². The fourth-order valence-electron chi connectivity index (χ4n) is 1.46. The highest BCUT2D eigenvalue weighted by atomic mass is 16.8. The summed E-state index contributed by atoms with van der Waals surface area (Å²) in [7, 11) is 0. The molecule has 22 heavy (non-hydrogen) atoms. The lowest BCUT2D eigenvalue weighted by Crippen LogP contribution is -2.40. The van der Waals surface area contributed by atoms with Gasteiger partial charge in [-0.25, -0.2) is 4.79 Å². The smallest absolute Gasteiger partial charge is 0.431 e. The van der Waals surface area contributed by atoms with Crippen LogP contribution >= 0.6 is 0 Å². The normalized spacial score (nSPS) is 11.5. The Morgan fingerprint density at radius 1 is 1.05 bits per heavy atom. The van der Waals surface area contributed by atoms with Crippen LogP contribution < -0.4 is 5.32 Å². The summed E-state index contributed by atoms with van der Waals surface area (Å²) >= 11 is 0. The molecular weight excluding hydrogens is 290 g/mol. The minimum absolute atomic E-state index is 0.208. The Morgan fingerprint density at radius 3 is 2.23 bits per heavy atom. The van der Waals surface area contributed by atoms with Gasteiger partial charge in [0.1, 0.15) is 0 Å². The van der Waals surface area contributed by atoms with Gasteiger partial charge in [-0.2, -0.15) is 0 Å². The number of esters is 1. The molecule has 1 rings (SSSR count). The quantitative estimate of drug-likeness (QED) is 0.636. The molecule has 1 aromatic rings. The van der Waals surface area contributed by atoms with Crippen molar-refractivity contribution in [3.8, 4) is 0 Å². The maximum atomic E-state index is 12.0. The van der Waals surface area contributed by atoms with Crippen LogP contribution in [0.5, 0.6) is 0 Å². The van der Waals surface area contributed by atoms with Crippen LogP contribution in [0.25, 0.3) is 0 Å². The van der Waals surface area contributed by atoms with Gasteiger partial charge in [-0.15, -0.1) is 0 Å². The van der Waals surface area contributed by atoms with Crippen molar-refractivity contribution >= 4 is 18.0 Å². The number of benzene rings is 1. The zero-order valence-electron chi connectivity index (χ0n) is 12.7. The summed E-state index contributed by atoms with van der Waals surface area (Å²) in [4.78, 5) is 34.4. The molecule has 0 aliphatic carbocycles. The lowest BCUT2D eigenvalue weighted by Gasteiger charge is -2.17. The van der Waals surface area contributed by atoms with E-state index in [4.69, 9.17) is 9.47 Å². The van der Waals surface area contributed by atoms with E-state index in [1.807, 2.05) is 30.3 Å². The van der Waals surface area contributed by atoms with Crippen molar-refractivity contribution in [1.82, 2.24) is 5.32 Å². The van der Waals surface area contributed by atoms with E-state index in [1.54, 1.807) is 13.8 Å². The maximum absolute atomic E-state index is 12.0. The van der Waals surface area contributed by atoms with Crippen molar-refractivity contribution in [2.75, 3.05) is 0 Å². The summed E-state index contributed by atoms with van der Waals surface area (Å²) in [5.74, 6) is -1.50. The zero-order valence-corrected chi connectivity index (χ0v) is 12.7. The van der Waals surface area contributed by atoms with Crippen molar-refractivity contribution in [2.24, 2.45) is 0 Å². The third-order valence-electron chi connectivity index (χ3n) is 2.33. The van der Waals surface area contributed by atoms with Gasteiger partial charge in [-0.1, -0.05) is 30.3 Å². The summed E-state index contributed by atoms with van der Waals surface area (Å²) in [5, 5.41) is 2.51. The molecule has 0 aromatic heterocycles. The first-order valence-electron chi connectivity index (χ1n) is 6.74. The number of amides is 1. The Morgan fingerprint density at radius 2 is 1.68 bits per heavy atom. The van der Waals surface area contributed by atoms with E-state index in [9.17, 15) is 14.4 Å². The molecule has 0 bridgehead atoms. The molecule has 0 aliphatic rings. The average Bonchev–Trinajstić information content (AvgIpc) is 2.43. The summed E-state index contributed by atoms with van der Waals surface area (Å²) in [5.41, 5.74) is 0.849. The molecular formula is C15H19NO6. The molecule has 1 unspecified atom stereocenters. The second-order valence-electron chi connectivity index (χ2n) is 4.68. The summed E-state index contributed by atoms with van der Waals surface area (Å²) < 4.78 is 14.1. The van der Waals surface area contributed by atoms with Gasteiger partial charge in [0.2, 0.25) is 0 Å². The van der Waals surface area contributed by atoms with Gasteiger partial charge in [0.25, 0.3) is 0 Å². The van der Waals surface area contributed by atoms with Crippen molar-refractivity contribution < 1.29 is 28.6 Å². The molecule has 0 aliphatic heterocycles. The van der Waals surface area contributed by atoms with Crippen LogP contribution in [0.4, 0.5) is 4.79 Å². The van der Waals surface area contributed by atoms with Crippen molar-refractivity contribution in [3.63, 3.8) is 0 Å². The van der Waals surface area contributed by atoms with E-state index >= 15 is 0 Å². The lowest BCUT2D eigenvalue weighted by molar-refractivity contribution is -0.178. The molecule has 0 heterocycles. The van der Waals surface area contributed by atoms with Crippen LogP contribution in [-0.4, -0.2) is 30.4 Å². The number of nitrogens with one attached hydrogen (secondary N) is 1. The minimum atomic E-state index is -1.69. The number of rotatable bonds is 6. The van der Waals surface area contributed by atoms with Crippen molar-refractivity contribution in [2.45, 2.75) is 39.7 Å². The van der Waals surface area contributed by atoms with Crippen LogP contribution in [0.15, 0.2) is 30.3 Å². The number of ether oxygens (including phenoxy) is 3. The Bertz CT molecular complexity index is 514. The molecule has 1 N–H and O–H groups in total. The fraction of sp³-hybridized carbons (Fsp3) is 0.400. The topological polar surface area (TPSA) is 90.9 Å². The average molecular weight is 309 g/mol. The Hall–Kier alpha value is -2.57. The third-order valence-corrected chi connectivity index (χ3v) is 2.33. The van der Waals surface area contributed by atoms with E-state index in [0.717, 1.165) is 12.5 Å². The van der Waals surface area contributed by atoms with Gasteiger partial charge in [-0.05, 0) is 19.4 Å². The van der Waals surface area contributed by atoms with E-state index in [2.05, 4.69) is 10.1 Å². The highest BCUT2D eigenvalue weighted by molar-refractivity contribution is 5.83. The number of carbonyl (C=O) groups is 3. The van der Waals surface area contributed by atoms with Crippen LogP contribution in [-0.2, 0) is 30.3 Å². The second kappa shape index (κ2) is 8.66. The van der Waals surface area contributed by atoms with E-state index in [0.29, 0.717) is 0 Å². The molecule has 0 fully saturated rings. The van der Waals surface area contributed by atoms with Crippen molar-refractivity contribution in [1.29, 1.82) is 0 Å². The van der Waals surface area contributed by atoms with Crippen LogP contribution in [0.2, 0.25) is 0 Å². The molecule has 1 aromatic carbocycles. The monoisotopic (exact) mass is 309 g/mol. The minimum Gasteiger partial charge on any atom is -0.431 e. The number of hydrogen-bond donors (Lipinski definition) is 1. The van der Waals surface area contributed by atoms with Gasteiger partial charge in [0.15, 0.2) is 0 Å². The SMILES string of the molecule is CC(=O)OC(OC(=O)OC(C)C)C(=O)NCc1ccccc1. The van der Waals surface area contributed by atoms with Crippen LogP contribution in [0.1, 0.15) is 26.3 Å². The molecule has 0 saturated heterocycles. The number of hydrogen-bond acceptors (Lipinski definition) is 6. The predicted molar refractivity (Wildman–Crippen MR) is 76.5 cm³/mol. The molecule has 0 spiro atoms. The first-order chi connectivity index (χ1) is 10.4. The van der Waals surface area contributed by atoms with Crippen molar-refractivity contribution in [3.05, 3.63) is 35.9 Å². The van der Waals surface area contributed by atoms with Gasteiger partial charge in [0, 0.05) is 13.5 Å². The van der Waals surface area contributed by atoms with E-state index in [1.165, 1.54) is 0 Å². The Balaban J connectivity index is 2.59. The standard InChI is InChI=1S/C15H19NO6/c1-10(2)20-15(19)22-14(21-11(3)17)13(18)16-9-12-7-5-4-6-8-12/h4-8,10,14H,9H2,1-3H3,(H,16,18). The van der Waals surface area contributed by atoms with E-state index < -0.39 is 30.4 Å². The molecule has 1 amide bonds. The predicted octanol–water partition coefficient (Wildman–Crippen LogP) is 1.75. The highest BCUT2D eigenvalue weighted by Gasteiger charge is 2.27. The lowest BCUT2D eigenvalue weighted by atomic mass is 10.2. The van der Waals surface area contributed by atoms with Crippen LogP contribution in [0.3, 0.4) is 0 Å². The molecule has 7 nitrogen and oxygen atoms in total. The third kappa shape index (κ3) is 6.74. The largest absolute Gasteiger partial charge is 0.512 e. The molecule has 7 heteroatoms. The molecule has 0 saturated carbocycles. The second-order valence-corrected chi connectivity index (χ2v) is 4.68. The van der Waals surface area contributed by atoms with Gasteiger partial charge in [0.05, 0.1) is 6.10 Å². The number of carbonyl (C=O) groups excluding carboxylic acids is 3. The molecule has 1 atom stereocenters. The highest BCUT2D eigenvalue weighted by Crippen LogP contribution is 2.03. The summed E-state index contributed by atoms with van der Waals surface area (Å²) in [6.45, 7) is 4.56. The first-order valence-corrected chi connectivity index (χ1v) is 6.74. The van der Waals surface area contributed by atoms with Gasteiger partial charge < -0.3 is 19.5 Å². The fourth-order valence-corrected chi connectivity index (χ4v) is 1.46. The summed E-state index contributed by atoms with van der Waals surface area (Å²) in [6, 6.07) is 9.12. The van der Waals surface area contributed by atoms with Crippen LogP contribution in [0, 0.1) is 0 Å². The zero-order chi connectivity index (χ0) is 16.5. The molecule has 120 valence electrons. The summed E-state index contributed by atoms with van der Waals surface area (Å²) in [6.07, 6.45) is -3.19.